The molecule has 2 aromatic rings. The van der Waals surface area contributed by atoms with Gasteiger partial charge in [0.15, 0.2) is 12.4 Å². The van der Waals surface area contributed by atoms with Crippen LogP contribution in [0.3, 0.4) is 0 Å². The van der Waals surface area contributed by atoms with Crippen molar-refractivity contribution in [2.24, 2.45) is 5.92 Å². The van der Waals surface area contributed by atoms with Crippen molar-refractivity contribution < 1.29 is 9.26 Å². The first-order valence-corrected chi connectivity index (χ1v) is 7.41. The van der Waals surface area contributed by atoms with Gasteiger partial charge in [0.25, 0.3) is 5.89 Å². The highest BCUT2D eigenvalue weighted by atomic mass is 16.5. The van der Waals surface area contributed by atoms with Crippen molar-refractivity contribution in [3.63, 3.8) is 0 Å². The van der Waals surface area contributed by atoms with Crippen LogP contribution in [0.25, 0.3) is 0 Å². The highest BCUT2D eigenvalue weighted by Crippen LogP contribution is 2.14. The maximum atomic E-state index is 5.63. The van der Waals surface area contributed by atoms with Crippen molar-refractivity contribution in [1.82, 2.24) is 15.5 Å². The van der Waals surface area contributed by atoms with Crippen molar-refractivity contribution in [2.75, 3.05) is 6.54 Å². The SMILES string of the molecule is CCc1noc(COc2ccc(CNCC(C)C)cc2)n1. The Morgan fingerprint density at radius 1 is 1.24 bits per heavy atom. The topological polar surface area (TPSA) is 60.2 Å². The molecular weight excluding hydrogens is 266 g/mol. The van der Waals surface area contributed by atoms with Crippen LogP contribution in [0.5, 0.6) is 5.75 Å². The molecular formula is C16H23N3O2. The zero-order valence-corrected chi connectivity index (χ0v) is 12.9. The predicted octanol–water partition coefficient (Wildman–Crippen LogP) is 2.96. The number of aryl methyl sites for hydroxylation is 1. The van der Waals surface area contributed by atoms with E-state index in [0.29, 0.717) is 24.2 Å². The summed E-state index contributed by atoms with van der Waals surface area (Å²) in [6.45, 7) is 8.59. The van der Waals surface area contributed by atoms with Gasteiger partial charge in [-0.3, -0.25) is 0 Å². The summed E-state index contributed by atoms with van der Waals surface area (Å²) in [5.41, 5.74) is 1.24. The number of benzene rings is 1. The Balaban J connectivity index is 1.79. The standard InChI is InChI=1S/C16H23N3O2/c1-4-15-18-16(21-19-15)11-20-14-7-5-13(6-8-14)10-17-9-12(2)3/h5-8,12,17H,4,9-11H2,1-3H3. The molecule has 5 heteroatoms. The van der Waals surface area contributed by atoms with E-state index in [1.807, 2.05) is 19.1 Å². The maximum Gasteiger partial charge on any atom is 0.264 e. The van der Waals surface area contributed by atoms with E-state index >= 15 is 0 Å². The van der Waals surface area contributed by atoms with Crippen LogP contribution in [0.1, 0.15) is 38.0 Å². The van der Waals surface area contributed by atoms with Crippen molar-refractivity contribution in [3.05, 3.63) is 41.5 Å². The van der Waals surface area contributed by atoms with Crippen molar-refractivity contribution in [2.45, 2.75) is 40.3 Å². The first-order valence-electron chi connectivity index (χ1n) is 7.41. The highest BCUT2D eigenvalue weighted by Gasteiger charge is 2.05. The molecule has 0 aliphatic rings. The quantitative estimate of drug-likeness (QED) is 0.809. The molecule has 2 rings (SSSR count). The van der Waals surface area contributed by atoms with E-state index in [2.05, 4.69) is 41.4 Å². The summed E-state index contributed by atoms with van der Waals surface area (Å²) in [5.74, 6) is 2.68. The summed E-state index contributed by atoms with van der Waals surface area (Å²) in [6, 6.07) is 8.05. The van der Waals surface area contributed by atoms with E-state index in [-0.39, 0.29) is 0 Å². The zero-order chi connectivity index (χ0) is 15.1. The second-order valence-corrected chi connectivity index (χ2v) is 5.42. The van der Waals surface area contributed by atoms with E-state index in [1.165, 1.54) is 5.56 Å². The van der Waals surface area contributed by atoms with Crippen molar-refractivity contribution in [1.29, 1.82) is 0 Å². The molecule has 0 saturated carbocycles. The predicted molar refractivity (Wildman–Crippen MR) is 81.0 cm³/mol. The lowest BCUT2D eigenvalue weighted by Gasteiger charge is -2.08. The molecule has 5 nitrogen and oxygen atoms in total. The number of hydrogen-bond acceptors (Lipinski definition) is 5. The Hall–Kier alpha value is -1.88. The Morgan fingerprint density at radius 3 is 2.62 bits per heavy atom. The van der Waals surface area contributed by atoms with E-state index in [1.54, 1.807) is 0 Å². The molecule has 0 saturated heterocycles. The van der Waals surface area contributed by atoms with E-state index < -0.39 is 0 Å². The molecule has 0 fully saturated rings. The summed E-state index contributed by atoms with van der Waals surface area (Å²) in [7, 11) is 0. The van der Waals surface area contributed by atoms with Crippen LogP contribution in [0.2, 0.25) is 0 Å². The summed E-state index contributed by atoms with van der Waals surface area (Å²) in [4.78, 5) is 4.21. The van der Waals surface area contributed by atoms with E-state index in [0.717, 1.165) is 25.3 Å². The zero-order valence-electron chi connectivity index (χ0n) is 12.9. The van der Waals surface area contributed by atoms with E-state index in [4.69, 9.17) is 9.26 Å². The summed E-state index contributed by atoms with van der Waals surface area (Å²) < 4.78 is 10.7. The molecule has 21 heavy (non-hydrogen) atoms. The van der Waals surface area contributed by atoms with Gasteiger partial charge in [-0.25, -0.2) is 0 Å². The molecule has 0 radical (unpaired) electrons. The summed E-state index contributed by atoms with van der Waals surface area (Å²) >= 11 is 0. The molecule has 1 N–H and O–H groups in total. The van der Waals surface area contributed by atoms with Gasteiger partial charge >= 0.3 is 0 Å². The molecule has 0 aliphatic heterocycles. The second-order valence-electron chi connectivity index (χ2n) is 5.42. The molecule has 0 aliphatic carbocycles. The molecule has 0 atom stereocenters. The second kappa shape index (κ2) is 7.78. The number of ether oxygens (including phenoxy) is 1. The van der Waals surface area contributed by atoms with Gasteiger partial charge in [-0.2, -0.15) is 4.98 Å². The van der Waals surface area contributed by atoms with Crippen LogP contribution in [0, 0.1) is 5.92 Å². The van der Waals surface area contributed by atoms with E-state index in [9.17, 15) is 0 Å². The van der Waals surface area contributed by atoms with Gasteiger partial charge in [0, 0.05) is 13.0 Å². The van der Waals surface area contributed by atoms with Crippen LogP contribution < -0.4 is 10.1 Å². The molecule has 0 spiro atoms. The molecule has 114 valence electrons. The van der Waals surface area contributed by atoms with Gasteiger partial charge < -0.3 is 14.6 Å². The summed E-state index contributed by atoms with van der Waals surface area (Å²) in [6.07, 6.45) is 0.765. The largest absolute Gasteiger partial charge is 0.484 e. The Labute approximate surface area is 125 Å². The highest BCUT2D eigenvalue weighted by molar-refractivity contribution is 5.27. The molecule has 0 unspecified atom stereocenters. The Kier molecular flexibility index (Phi) is 5.75. The minimum Gasteiger partial charge on any atom is -0.484 e. The molecule has 0 bridgehead atoms. The summed E-state index contributed by atoms with van der Waals surface area (Å²) in [5, 5.41) is 7.25. The van der Waals surface area contributed by atoms with Gasteiger partial charge in [-0.15, -0.1) is 0 Å². The number of aromatic nitrogens is 2. The van der Waals surface area contributed by atoms with Crippen LogP contribution >= 0.6 is 0 Å². The average Bonchev–Trinajstić information content (AvgIpc) is 2.94. The third-order valence-corrected chi connectivity index (χ3v) is 2.99. The number of nitrogens with one attached hydrogen (secondary N) is 1. The minimum atomic E-state index is 0.304. The maximum absolute atomic E-state index is 5.63. The molecule has 0 amide bonds. The fourth-order valence-electron chi connectivity index (χ4n) is 1.85. The van der Waals surface area contributed by atoms with Crippen molar-refractivity contribution >= 4 is 0 Å². The van der Waals surface area contributed by atoms with Gasteiger partial charge in [-0.1, -0.05) is 38.1 Å². The number of nitrogens with zero attached hydrogens (tertiary/aromatic N) is 2. The van der Waals surface area contributed by atoms with Crippen LogP contribution in [0.4, 0.5) is 0 Å². The Bertz CT molecular complexity index is 535. The number of hydrogen-bond donors (Lipinski definition) is 1. The average molecular weight is 289 g/mol. The smallest absolute Gasteiger partial charge is 0.264 e. The first-order chi connectivity index (χ1) is 10.2. The van der Waals surface area contributed by atoms with Gasteiger partial charge in [0.2, 0.25) is 0 Å². The molecule has 1 heterocycles. The lowest BCUT2D eigenvalue weighted by molar-refractivity contribution is 0.242. The normalized spacial score (nSPS) is 11.0. The third-order valence-electron chi connectivity index (χ3n) is 2.99. The molecule has 1 aromatic heterocycles. The van der Waals surface area contributed by atoms with Gasteiger partial charge in [0.1, 0.15) is 5.75 Å². The minimum absolute atomic E-state index is 0.304. The third kappa shape index (κ3) is 5.19. The number of rotatable bonds is 8. The van der Waals surface area contributed by atoms with Gasteiger partial charge in [0.05, 0.1) is 0 Å². The fraction of sp³-hybridized carbons (Fsp3) is 0.500. The van der Waals surface area contributed by atoms with Crippen LogP contribution in [-0.4, -0.2) is 16.7 Å². The first kappa shape index (κ1) is 15.5. The van der Waals surface area contributed by atoms with Gasteiger partial charge in [-0.05, 0) is 30.2 Å². The molecule has 1 aromatic carbocycles. The lowest BCUT2D eigenvalue weighted by Crippen LogP contribution is -2.18. The van der Waals surface area contributed by atoms with Crippen molar-refractivity contribution in [3.8, 4) is 5.75 Å². The van der Waals surface area contributed by atoms with Crippen LogP contribution in [0.15, 0.2) is 28.8 Å². The fourth-order valence-corrected chi connectivity index (χ4v) is 1.85. The monoisotopic (exact) mass is 289 g/mol. The van der Waals surface area contributed by atoms with Crippen LogP contribution in [-0.2, 0) is 19.6 Å². The Morgan fingerprint density at radius 2 is 2.00 bits per heavy atom. The lowest BCUT2D eigenvalue weighted by atomic mass is 10.2.